The molecule has 184 valence electrons. The van der Waals surface area contributed by atoms with Crippen molar-refractivity contribution in [2.75, 3.05) is 0 Å². The lowest BCUT2D eigenvalue weighted by Gasteiger charge is -2.11. The molecular weight excluding hydrogens is 564 g/mol. The van der Waals surface area contributed by atoms with Crippen LogP contribution in [0.5, 0.6) is 0 Å². The first-order chi connectivity index (χ1) is 19.2. The lowest BCUT2D eigenvalue weighted by Crippen LogP contribution is -2.06. The first kappa shape index (κ1) is 22.6. The fraction of sp³-hybridized carbons (Fsp3) is 0. The molecule has 0 radical (unpaired) electrons. The number of hydrogen-bond acceptors (Lipinski definition) is 4. The van der Waals surface area contributed by atoms with E-state index in [9.17, 15) is 0 Å². The quantitative estimate of drug-likeness (QED) is 0.208. The molecular formula is C33H19BrN4S. The number of rotatable bonds is 3. The van der Waals surface area contributed by atoms with Gasteiger partial charge < -0.3 is 0 Å². The Morgan fingerprint density at radius 3 is 2.10 bits per heavy atom. The van der Waals surface area contributed by atoms with Crippen molar-refractivity contribution in [3.05, 3.63) is 120 Å². The van der Waals surface area contributed by atoms with Gasteiger partial charge in [0.25, 0.3) is 0 Å². The molecule has 0 aliphatic heterocycles. The third-order valence-electron chi connectivity index (χ3n) is 7.14. The molecule has 0 amide bonds. The molecule has 0 saturated heterocycles. The second kappa shape index (κ2) is 8.83. The van der Waals surface area contributed by atoms with Crippen LogP contribution in [0.4, 0.5) is 0 Å². The highest BCUT2D eigenvalue weighted by molar-refractivity contribution is 9.10. The lowest BCUT2D eigenvalue weighted by molar-refractivity contribution is 0.952. The number of thiophene rings is 1. The molecule has 8 rings (SSSR count). The summed E-state index contributed by atoms with van der Waals surface area (Å²) in [5.74, 6) is 1.88. The van der Waals surface area contributed by atoms with Gasteiger partial charge in [0.15, 0.2) is 11.6 Å². The summed E-state index contributed by atoms with van der Waals surface area (Å²) in [5, 5.41) is 4.84. The van der Waals surface area contributed by atoms with Gasteiger partial charge in [-0.15, -0.1) is 11.3 Å². The Balaban J connectivity index is 1.43. The van der Waals surface area contributed by atoms with Crippen LogP contribution in [0.1, 0.15) is 0 Å². The molecule has 0 spiro atoms. The maximum absolute atomic E-state index is 5.10. The van der Waals surface area contributed by atoms with Crippen molar-refractivity contribution in [3.63, 3.8) is 0 Å². The van der Waals surface area contributed by atoms with Gasteiger partial charge in [-0.2, -0.15) is 9.97 Å². The van der Waals surface area contributed by atoms with Crippen molar-refractivity contribution in [3.8, 4) is 28.7 Å². The molecule has 0 N–H and O–H groups in total. The molecule has 39 heavy (non-hydrogen) atoms. The van der Waals surface area contributed by atoms with E-state index in [0.717, 1.165) is 37.4 Å². The zero-order valence-electron chi connectivity index (χ0n) is 20.5. The van der Waals surface area contributed by atoms with E-state index in [-0.39, 0.29) is 0 Å². The number of hydrogen-bond donors (Lipinski definition) is 0. The van der Waals surface area contributed by atoms with E-state index in [4.69, 9.17) is 15.0 Å². The number of fused-ring (bicyclic) bond motifs is 6. The second-order valence-corrected chi connectivity index (χ2v) is 11.4. The average molecular weight is 584 g/mol. The predicted molar refractivity (Wildman–Crippen MR) is 166 cm³/mol. The predicted octanol–water partition coefficient (Wildman–Crippen LogP) is 9.43. The van der Waals surface area contributed by atoms with Gasteiger partial charge in [0, 0.05) is 46.5 Å². The standard InChI is InChI=1S/C33H19BrN4S/c34-26-14-8-13-25-22-11-4-6-15-27(22)38(30(25)26)33-36-31(20-9-2-1-3-10-20)35-32(37-33)21-17-18-24-23-12-5-7-16-28(23)39-29(24)19-21/h1-19H. The van der Waals surface area contributed by atoms with Crippen LogP contribution in [0.15, 0.2) is 120 Å². The SMILES string of the molecule is Brc1cccc2c3ccccc3n(-c3nc(-c4ccccc4)nc(-c4ccc5c(c4)sc4ccccc45)n3)c12. The van der Waals surface area contributed by atoms with Gasteiger partial charge in [-0.25, -0.2) is 4.98 Å². The van der Waals surface area contributed by atoms with Crippen LogP contribution < -0.4 is 0 Å². The maximum Gasteiger partial charge on any atom is 0.238 e. The van der Waals surface area contributed by atoms with Gasteiger partial charge in [0.2, 0.25) is 5.95 Å². The summed E-state index contributed by atoms with van der Waals surface area (Å²) < 4.78 is 5.63. The van der Waals surface area contributed by atoms with Crippen LogP contribution in [-0.4, -0.2) is 19.5 Å². The van der Waals surface area contributed by atoms with Crippen molar-refractivity contribution in [2.24, 2.45) is 0 Å². The van der Waals surface area contributed by atoms with E-state index in [2.05, 4.69) is 105 Å². The highest BCUT2D eigenvalue weighted by Crippen LogP contribution is 2.38. The molecule has 0 saturated carbocycles. The van der Waals surface area contributed by atoms with E-state index >= 15 is 0 Å². The highest BCUT2D eigenvalue weighted by Gasteiger charge is 2.19. The summed E-state index contributed by atoms with van der Waals surface area (Å²) in [6, 6.07) is 39.8. The Morgan fingerprint density at radius 1 is 0.538 bits per heavy atom. The van der Waals surface area contributed by atoms with Crippen LogP contribution >= 0.6 is 27.3 Å². The Labute approximate surface area is 236 Å². The Hall–Kier alpha value is -4.39. The maximum atomic E-state index is 5.10. The molecule has 3 heterocycles. The largest absolute Gasteiger partial charge is 0.277 e. The summed E-state index contributed by atoms with van der Waals surface area (Å²) in [4.78, 5) is 15.1. The topological polar surface area (TPSA) is 43.6 Å². The lowest BCUT2D eigenvalue weighted by atomic mass is 10.1. The minimum absolute atomic E-state index is 0.591. The van der Waals surface area contributed by atoms with Gasteiger partial charge in [-0.05, 0) is 40.2 Å². The molecule has 0 aliphatic carbocycles. The fourth-order valence-corrected chi connectivity index (χ4v) is 7.05. The number of benzene rings is 5. The van der Waals surface area contributed by atoms with Gasteiger partial charge in [-0.1, -0.05) is 91.0 Å². The van der Waals surface area contributed by atoms with Gasteiger partial charge >= 0.3 is 0 Å². The molecule has 0 atom stereocenters. The summed E-state index contributed by atoms with van der Waals surface area (Å²) in [6.07, 6.45) is 0. The smallest absolute Gasteiger partial charge is 0.238 e. The normalized spacial score (nSPS) is 11.7. The third-order valence-corrected chi connectivity index (χ3v) is 8.91. The van der Waals surface area contributed by atoms with Crippen molar-refractivity contribution >= 4 is 69.2 Å². The average Bonchev–Trinajstić information content (AvgIpc) is 3.54. The van der Waals surface area contributed by atoms with E-state index in [1.807, 2.05) is 30.3 Å². The van der Waals surface area contributed by atoms with Crippen LogP contribution in [0.3, 0.4) is 0 Å². The first-order valence-corrected chi connectivity index (χ1v) is 14.3. The molecule has 3 aromatic heterocycles. The van der Waals surface area contributed by atoms with Crippen molar-refractivity contribution in [2.45, 2.75) is 0 Å². The van der Waals surface area contributed by atoms with Gasteiger partial charge in [0.05, 0.1) is 11.0 Å². The van der Waals surface area contributed by atoms with Gasteiger partial charge in [0.1, 0.15) is 0 Å². The summed E-state index contributed by atoms with van der Waals surface area (Å²) in [6.45, 7) is 0. The zero-order chi connectivity index (χ0) is 25.9. The highest BCUT2D eigenvalue weighted by atomic mass is 79.9. The molecule has 8 aromatic rings. The van der Waals surface area contributed by atoms with Crippen molar-refractivity contribution < 1.29 is 0 Å². The summed E-state index contributed by atoms with van der Waals surface area (Å²) in [7, 11) is 0. The van der Waals surface area contributed by atoms with Crippen molar-refractivity contribution in [1.82, 2.24) is 19.5 Å². The molecule has 4 nitrogen and oxygen atoms in total. The minimum atomic E-state index is 0.591. The summed E-state index contributed by atoms with van der Waals surface area (Å²) >= 11 is 5.60. The number of para-hydroxylation sites is 2. The number of halogens is 1. The number of aromatic nitrogens is 4. The van der Waals surface area contributed by atoms with E-state index in [0.29, 0.717) is 17.6 Å². The van der Waals surface area contributed by atoms with Gasteiger partial charge in [-0.3, -0.25) is 4.57 Å². The molecule has 5 aromatic carbocycles. The second-order valence-electron chi connectivity index (χ2n) is 9.45. The Kier molecular flexibility index (Phi) is 5.11. The molecule has 6 heteroatoms. The molecule has 0 fully saturated rings. The monoisotopic (exact) mass is 582 g/mol. The Bertz CT molecular complexity index is 2200. The Morgan fingerprint density at radius 2 is 1.23 bits per heavy atom. The van der Waals surface area contributed by atoms with Crippen molar-refractivity contribution in [1.29, 1.82) is 0 Å². The third kappa shape index (κ3) is 3.60. The van der Waals surface area contributed by atoms with Crippen LogP contribution in [-0.2, 0) is 0 Å². The van der Waals surface area contributed by atoms with E-state index in [1.165, 1.54) is 20.2 Å². The van der Waals surface area contributed by atoms with Crippen LogP contribution in [0.25, 0.3) is 70.7 Å². The zero-order valence-corrected chi connectivity index (χ0v) is 22.9. The molecule has 0 unspecified atom stereocenters. The van der Waals surface area contributed by atoms with Crippen LogP contribution in [0, 0.1) is 0 Å². The van der Waals surface area contributed by atoms with E-state index < -0.39 is 0 Å². The molecule has 0 bridgehead atoms. The summed E-state index contributed by atoms with van der Waals surface area (Å²) in [5.41, 5.74) is 4.00. The minimum Gasteiger partial charge on any atom is -0.277 e. The first-order valence-electron chi connectivity index (χ1n) is 12.7. The van der Waals surface area contributed by atoms with E-state index in [1.54, 1.807) is 11.3 Å². The molecule has 0 aliphatic rings. The number of nitrogens with zero attached hydrogens (tertiary/aromatic N) is 4. The fourth-order valence-electron chi connectivity index (χ4n) is 5.36. The van der Waals surface area contributed by atoms with Crippen LogP contribution in [0.2, 0.25) is 0 Å².